The molecule has 0 aliphatic carbocycles. The molecule has 8 heteroatoms. The molecule has 0 unspecified atom stereocenters. The minimum absolute atomic E-state index is 0.0367. The number of aliphatic hydroxyl groups excluding tert-OH is 1. The number of rotatable bonds is 6. The van der Waals surface area contributed by atoms with E-state index in [0.717, 1.165) is 17.8 Å². The van der Waals surface area contributed by atoms with Gasteiger partial charge in [-0.05, 0) is 19.1 Å². The lowest BCUT2D eigenvalue weighted by atomic mass is 10.2. The van der Waals surface area contributed by atoms with Crippen molar-refractivity contribution in [2.24, 2.45) is 0 Å². The summed E-state index contributed by atoms with van der Waals surface area (Å²) in [6, 6.07) is 3.54. The highest BCUT2D eigenvalue weighted by Gasteiger charge is 2.14. The molecule has 0 spiro atoms. The van der Waals surface area contributed by atoms with Crippen LogP contribution >= 0.6 is 11.8 Å². The van der Waals surface area contributed by atoms with E-state index < -0.39 is 17.5 Å². The molecule has 1 aromatic heterocycles. The molecule has 0 aliphatic rings. The molecule has 2 N–H and O–H groups in total. The third-order valence-electron chi connectivity index (χ3n) is 2.77. The van der Waals surface area contributed by atoms with Crippen LogP contribution in [0.5, 0.6) is 0 Å². The van der Waals surface area contributed by atoms with E-state index in [4.69, 9.17) is 5.11 Å². The zero-order chi connectivity index (χ0) is 16.1. The largest absolute Gasteiger partial charge is 0.394 e. The molecule has 0 fully saturated rings. The molecule has 0 saturated carbocycles. The first-order chi connectivity index (χ1) is 10.5. The molecule has 2 aromatic rings. The van der Waals surface area contributed by atoms with Crippen molar-refractivity contribution in [3.8, 4) is 0 Å². The summed E-state index contributed by atoms with van der Waals surface area (Å²) < 4.78 is 39.5. The first-order valence-corrected chi connectivity index (χ1v) is 7.45. The van der Waals surface area contributed by atoms with Crippen LogP contribution < -0.4 is 5.32 Å². The fourth-order valence-electron chi connectivity index (χ4n) is 1.61. The summed E-state index contributed by atoms with van der Waals surface area (Å²) in [5, 5.41) is 12.3. The van der Waals surface area contributed by atoms with Crippen molar-refractivity contribution in [2.45, 2.75) is 23.9 Å². The fourth-order valence-corrected chi connectivity index (χ4v) is 2.41. The van der Waals surface area contributed by atoms with E-state index in [0.29, 0.717) is 11.0 Å². The number of hydrogen-bond donors (Lipinski definition) is 2. The van der Waals surface area contributed by atoms with E-state index in [9.17, 15) is 13.2 Å². The highest BCUT2D eigenvalue weighted by Crippen LogP contribution is 2.24. The zero-order valence-corrected chi connectivity index (χ0v) is 12.5. The van der Waals surface area contributed by atoms with E-state index in [-0.39, 0.29) is 24.0 Å². The molecule has 1 heterocycles. The highest BCUT2D eigenvalue weighted by molar-refractivity contribution is 7.98. The summed E-state index contributed by atoms with van der Waals surface area (Å²) in [6.45, 7) is 1.73. The first kappa shape index (κ1) is 16.6. The normalized spacial score (nSPS) is 12.2. The smallest absolute Gasteiger partial charge is 0.194 e. The van der Waals surface area contributed by atoms with Gasteiger partial charge < -0.3 is 10.4 Å². The molecule has 4 nitrogen and oxygen atoms in total. The van der Waals surface area contributed by atoms with Crippen molar-refractivity contribution in [3.63, 3.8) is 0 Å². The average molecular weight is 329 g/mol. The minimum Gasteiger partial charge on any atom is -0.394 e. The second-order valence-electron chi connectivity index (χ2n) is 4.58. The van der Waals surface area contributed by atoms with Gasteiger partial charge in [-0.2, -0.15) is 0 Å². The first-order valence-electron chi connectivity index (χ1n) is 6.47. The zero-order valence-electron chi connectivity index (χ0n) is 11.7. The number of nitrogens with zero attached hydrogens (tertiary/aromatic N) is 2. The predicted octanol–water partition coefficient (Wildman–Crippen LogP) is 2.98. The van der Waals surface area contributed by atoms with Gasteiger partial charge in [0.2, 0.25) is 0 Å². The van der Waals surface area contributed by atoms with Crippen molar-refractivity contribution in [1.29, 1.82) is 0 Å². The third-order valence-corrected chi connectivity index (χ3v) is 3.68. The number of benzene rings is 1. The predicted molar refractivity (Wildman–Crippen MR) is 78.1 cm³/mol. The number of halogens is 3. The van der Waals surface area contributed by atoms with Crippen molar-refractivity contribution >= 4 is 17.6 Å². The van der Waals surface area contributed by atoms with Crippen LogP contribution in [0, 0.1) is 17.5 Å². The molecule has 1 aromatic carbocycles. The summed E-state index contributed by atoms with van der Waals surface area (Å²) in [4.78, 5) is 8.20. The quantitative estimate of drug-likeness (QED) is 0.485. The molecular weight excluding hydrogens is 315 g/mol. The summed E-state index contributed by atoms with van der Waals surface area (Å²) in [7, 11) is 0. The molecule has 0 radical (unpaired) electrons. The lowest BCUT2D eigenvalue weighted by Crippen LogP contribution is -2.20. The summed E-state index contributed by atoms with van der Waals surface area (Å²) in [5.41, 5.74) is 0.0367. The highest BCUT2D eigenvalue weighted by atomic mass is 32.2. The Hall–Kier alpha value is -1.80. The number of nitrogens with one attached hydrogen (secondary N) is 1. The number of hydrogen-bond acceptors (Lipinski definition) is 5. The summed E-state index contributed by atoms with van der Waals surface area (Å²) in [5.74, 6) is -3.31. The molecule has 0 bridgehead atoms. The third kappa shape index (κ3) is 4.11. The Morgan fingerprint density at radius 1 is 1.23 bits per heavy atom. The maximum absolute atomic E-state index is 13.6. The topological polar surface area (TPSA) is 58.0 Å². The van der Waals surface area contributed by atoms with E-state index in [1.807, 2.05) is 0 Å². The Bertz CT molecular complexity index is 657. The Balaban J connectivity index is 2.06. The molecule has 0 amide bonds. The van der Waals surface area contributed by atoms with Gasteiger partial charge in [-0.1, -0.05) is 17.8 Å². The van der Waals surface area contributed by atoms with E-state index in [1.165, 1.54) is 12.3 Å². The molecule has 2 rings (SSSR count). The van der Waals surface area contributed by atoms with Gasteiger partial charge in [0.25, 0.3) is 0 Å². The number of anilines is 1. The van der Waals surface area contributed by atoms with Crippen LogP contribution in [0.25, 0.3) is 0 Å². The van der Waals surface area contributed by atoms with Gasteiger partial charge in [0.1, 0.15) is 5.82 Å². The molecule has 118 valence electrons. The Morgan fingerprint density at radius 2 is 2.00 bits per heavy atom. The Morgan fingerprint density at radius 3 is 2.73 bits per heavy atom. The molecular formula is C14H14F3N3OS. The van der Waals surface area contributed by atoms with Gasteiger partial charge in [0.15, 0.2) is 22.6 Å². The van der Waals surface area contributed by atoms with Gasteiger partial charge in [0, 0.05) is 23.6 Å². The molecule has 1 atom stereocenters. The SMILES string of the molecule is C[C@H](CO)Nc1ccnc(SCc2ccc(F)c(F)c2F)n1. The van der Waals surface area contributed by atoms with Gasteiger partial charge in [-0.25, -0.2) is 23.1 Å². The standard InChI is InChI=1S/C14H14F3N3OS/c1-8(6-21)19-11-4-5-18-14(20-11)22-7-9-2-3-10(15)13(17)12(9)16/h2-5,8,21H,6-7H2,1H3,(H,18,19,20)/t8-/m1/s1. The number of aromatic nitrogens is 2. The van der Waals surface area contributed by atoms with Crippen LogP contribution in [-0.2, 0) is 5.75 Å². The second-order valence-corrected chi connectivity index (χ2v) is 5.52. The molecule has 0 saturated heterocycles. The van der Waals surface area contributed by atoms with Gasteiger partial charge in [-0.15, -0.1) is 0 Å². The van der Waals surface area contributed by atoms with Crippen molar-refractivity contribution < 1.29 is 18.3 Å². The van der Waals surface area contributed by atoms with Crippen LogP contribution in [0.3, 0.4) is 0 Å². The van der Waals surface area contributed by atoms with Crippen LogP contribution in [-0.4, -0.2) is 27.7 Å². The Labute approximate surface area is 129 Å². The average Bonchev–Trinajstić information content (AvgIpc) is 2.52. The van der Waals surface area contributed by atoms with Crippen molar-refractivity contribution in [2.75, 3.05) is 11.9 Å². The lowest BCUT2D eigenvalue weighted by Gasteiger charge is -2.11. The maximum Gasteiger partial charge on any atom is 0.194 e. The van der Waals surface area contributed by atoms with Crippen LogP contribution in [0.4, 0.5) is 19.0 Å². The summed E-state index contributed by atoms with van der Waals surface area (Å²) >= 11 is 1.10. The summed E-state index contributed by atoms with van der Waals surface area (Å²) in [6.07, 6.45) is 1.52. The number of aliphatic hydroxyl groups is 1. The number of thioether (sulfide) groups is 1. The molecule has 0 aliphatic heterocycles. The van der Waals surface area contributed by atoms with Gasteiger partial charge >= 0.3 is 0 Å². The second kappa shape index (κ2) is 7.46. The van der Waals surface area contributed by atoms with E-state index in [1.54, 1.807) is 13.0 Å². The van der Waals surface area contributed by atoms with Crippen LogP contribution in [0.2, 0.25) is 0 Å². The van der Waals surface area contributed by atoms with Gasteiger partial charge in [-0.3, -0.25) is 0 Å². The van der Waals surface area contributed by atoms with Gasteiger partial charge in [0.05, 0.1) is 6.61 Å². The monoisotopic (exact) mass is 329 g/mol. The van der Waals surface area contributed by atoms with Crippen molar-refractivity contribution in [3.05, 3.63) is 47.4 Å². The Kier molecular flexibility index (Phi) is 5.62. The fraction of sp³-hybridized carbons (Fsp3) is 0.286. The van der Waals surface area contributed by atoms with Crippen molar-refractivity contribution in [1.82, 2.24) is 9.97 Å². The van der Waals surface area contributed by atoms with E-state index >= 15 is 0 Å². The molecule has 22 heavy (non-hydrogen) atoms. The maximum atomic E-state index is 13.6. The van der Waals surface area contributed by atoms with Crippen LogP contribution in [0.1, 0.15) is 12.5 Å². The lowest BCUT2D eigenvalue weighted by molar-refractivity contribution is 0.281. The minimum atomic E-state index is -1.48. The van der Waals surface area contributed by atoms with Crippen LogP contribution in [0.15, 0.2) is 29.6 Å². The van der Waals surface area contributed by atoms with E-state index in [2.05, 4.69) is 15.3 Å².